The highest BCUT2D eigenvalue weighted by atomic mass is 79.9. The lowest BCUT2D eigenvalue weighted by Crippen LogP contribution is -2.07. The Morgan fingerprint density at radius 2 is 1.95 bits per heavy atom. The summed E-state index contributed by atoms with van der Waals surface area (Å²) in [6.45, 7) is 4.03. The Morgan fingerprint density at radius 3 is 2.65 bits per heavy atom. The van der Waals surface area contributed by atoms with Gasteiger partial charge in [-0.05, 0) is 48.0 Å². The predicted octanol–water partition coefficient (Wildman–Crippen LogP) is 4.64. The van der Waals surface area contributed by atoms with Crippen LogP contribution in [-0.2, 0) is 0 Å². The number of halogens is 1. The summed E-state index contributed by atoms with van der Waals surface area (Å²) in [5.41, 5.74) is 2.95. The van der Waals surface area contributed by atoms with Crippen molar-refractivity contribution in [3.8, 4) is 11.5 Å². The van der Waals surface area contributed by atoms with Crippen LogP contribution in [0.4, 0.5) is 5.69 Å². The summed E-state index contributed by atoms with van der Waals surface area (Å²) >= 11 is 3.43. The molecule has 0 aliphatic heterocycles. The second kappa shape index (κ2) is 6.18. The van der Waals surface area contributed by atoms with E-state index in [0.717, 1.165) is 27.0 Å². The van der Waals surface area contributed by atoms with Crippen LogP contribution in [0.2, 0.25) is 0 Å². The molecule has 2 aromatic rings. The third-order valence-corrected chi connectivity index (χ3v) is 3.84. The van der Waals surface area contributed by atoms with Crippen LogP contribution in [0.15, 0.2) is 40.9 Å². The molecule has 0 saturated carbocycles. The molecule has 4 heteroatoms. The molecule has 0 bridgehead atoms. The number of rotatable bonds is 4. The number of phenols is 1. The van der Waals surface area contributed by atoms with Crippen molar-refractivity contribution in [1.82, 2.24) is 0 Å². The summed E-state index contributed by atoms with van der Waals surface area (Å²) in [7, 11) is 1.64. The minimum absolute atomic E-state index is 0.000724. The van der Waals surface area contributed by atoms with Crippen molar-refractivity contribution in [1.29, 1.82) is 0 Å². The number of aromatic hydroxyl groups is 1. The van der Waals surface area contributed by atoms with Gasteiger partial charge in [0.05, 0.1) is 17.6 Å². The van der Waals surface area contributed by atoms with Crippen molar-refractivity contribution in [3.63, 3.8) is 0 Å². The largest absolute Gasteiger partial charge is 0.508 e. The maximum atomic E-state index is 9.96. The van der Waals surface area contributed by atoms with Crippen LogP contribution in [-0.4, -0.2) is 12.2 Å². The second-order valence-corrected chi connectivity index (χ2v) is 5.63. The van der Waals surface area contributed by atoms with Gasteiger partial charge in [-0.1, -0.05) is 17.7 Å². The summed E-state index contributed by atoms with van der Waals surface area (Å²) in [6, 6.07) is 11.4. The molecule has 0 aliphatic rings. The summed E-state index contributed by atoms with van der Waals surface area (Å²) < 4.78 is 6.19. The highest BCUT2D eigenvalue weighted by Crippen LogP contribution is 2.31. The first kappa shape index (κ1) is 14.7. The molecular weight excluding hydrogens is 318 g/mol. The number of hydrogen-bond acceptors (Lipinski definition) is 3. The Morgan fingerprint density at radius 1 is 1.20 bits per heavy atom. The number of methoxy groups -OCH3 is 1. The van der Waals surface area contributed by atoms with Crippen LogP contribution in [0.3, 0.4) is 0 Å². The van der Waals surface area contributed by atoms with E-state index in [1.165, 1.54) is 0 Å². The van der Waals surface area contributed by atoms with E-state index in [9.17, 15) is 5.11 Å². The van der Waals surface area contributed by atoms with Gasteiger partial charge in [0.2, 0.25) is 0 Å². The number of nitrogens with one attached hydrogen (secondary N) is 1. The van der Waals surface area contributed by atoms with E-state index in [2.05, 4.69) is 21.2 Å². The second-order valence-electron chi connectivity index (χ2n) is 4.78. The molecule has 0 saturated heterocycles. The van der Waals surface area contributed by atoms with Crippen LogP contribution in [0.5, 0.6) is 11.5 Å². The first-order chi connectivity index (χ1) is 9.51. The Bertz CT molecular complexity index is 613. The molecule has 2 N–H and O–H groups in total. The highest BCUT2D eigenvalue weighted by Gasteiger charge is 2.11. The highest BCUT2D eigenvalue weighted by molar-refractivity contribution is 9.10. The standard InChI is InChI=1S/C16H18BrNO2/c1-10-4-7-15(19)13(8-10)11(2)18-12-5-6-14(17)16(9-12)20-3/h4-9,11,18-19H,1-3H3. The van der Waals surface area contributed by atoms with Crippen molar-refractivity contribution in [2.45, 2.75) is 19.9 Å². The minimum atomic E-state index is 0.000724. The van der Waals surface area contributed by atoms with Gasteiger partial charge in [0.1, 0.15) is 11.5 Å². The third-order valence-electron chi connectivity index (χ3n) is 3.18. The van der Waals surface area contributed by atoms with Crippen LogP contribution >= 0.6 is 15.9 Å². The van der Waals surface area contributed by atoms with Gasteiger partial charge in [-0.2, -0.15) is 0 Å². The van der Waals surface area contributed by atoms with E-state index in [1.807, 2.05) is 44.2 Å². The van der Waals surface area contributed by atoms with Crippen LogP contribution in [0.25, 0.3) is 0 Å². The summed E-state index contributed by atoms with van der Waals surface area (Å²) in [6.07, 6.45) is 0. The van der Waals surface area contributed by atoms with Crippen molar-refractivity contribution in [3.05, 3.63) is 52.0 Å². The van der Waals surface area contributed by atoms with Crippen LogP contribution in [0.1, 0.15) is 24.1 Å². The zero-order valence-electron chi connectivity index (χ0n) is 11.8. The fourth-order valence-corrected chi connectivity index (χ4v) is 2.51. The molecule has 0 radical (unpaired) electrons. The lowest BCUT2D eigenvalue weighted by molar-refractivity contribution is 0.412. The van der Waals surface area contributed by atoms with Crippen molar-refractivity contribution in [2.24, 2.45) is 0 Å². The summed E-state index contributed by atoms with van der Waals surface area (Å²) in [5.74, 6) is 1.08. The molecule has 0 heterocycles. The minimum Gasteiger partial charge on any atom is -0.508 e. The molecule has 0 spiro atoms. The smallest absolute Gasteiger partial charge is 0.135 e. The molecule has 0 aliphatic carbocycles. The number of benzene rings is 2. The monoisotopic (exact) mass is 335 g/mol. The fraction of sp³-hybridized carbons (Fsp3) is 0.250. The van der Waals surface area contributed by atoms with Crippen molar-refractivity contribution in [2.75, 3.05) is 12.4 Å². The number of phenolic OH excluding ortho intramolecular Hbond substituents is 1. The van der Waals surface area contributed by atoms with Gasteiger partial charge < -0.3 is 15.2 Å². The Labute approximate surface area is 127 Å². The molecule has 2 aromatic carbocycles. The number of ether oxygens (including phenoxy) is 1. The molecule has 106 valence electrons. The first-order valence-electron chi connectivity index (χ1n) is 6.41. The first-order valence-corrected chi connectivity index (χ1v) is 7.20. The zero-order valence-corrected chi connectivity index (χ0v) is 13.4. The Kier molecular flexibility index (Phi) is 4.55. The Hall–Kier alpha value is -1.68. The van der Waals surface area contributed by atoms with Gasteiger partial charge in [-0.25, -0.2) is 0 Å². The molecule has 20 heavy (non-hydrogen) atoms. The third kappa shape index (κ3) is 3.25. The number of aryl methyl sites for hydroxylation is 1. The van der Waals surface area contributed by atoms with Crippen LogP contribution < -0.4 is 10.1 Å². The van der Waals surface area contributed by atoms with Gasteiger partial charge in [-0.3, -0.25) is 0 Å². The molecular formula is C16H18BrNO2. The lowest BCUT2D eigenvalue weighted by atomic mass is 10.0. The van der Waals surface area contributed by atoms with Crippen LogP contribution in [0, 0.1) is 6.92 Å². The summed E-state index contributed by atoms with van der Waals surface area (Å²) in [4.78, 5) is 0. The fourth-order valence-electron chi connectivity index (χ4n) is 2.10. The van der Waals surface area contributed by atoms with E-state index in [1.54, 1.807) is 13.2 Å². The molecule has 2 rings (SSSR count). The topological polar surface area (TPSA) is 41.5 Å². The van der Waals surface area contributed by atoms with E-state index < -0.39 is 0 Å². The van der Waals surface area contributed by atoms with Gasteiger partial charge in [0.15, 0.2) is 0 Å². The lowest BCUT2D eigenvalue weighted by Gasteiger charge is -2.18. The molecule has 1 unspecified atom stereocenters. The maximum absolute atomic E-state index is 9.96. The van der Waals surface area contributed by atoms with E-state index in [-0.39, 0.29) is 6.04 Å². The number of anilines is 1. The normalized spacial score (nSPS) is 12.0. The maximum Gasteiger partial charge on any atom is 0.135 e. The van der Waals surface area contributed by atoms with Gasteiger partial charge in [0, 0.05) is 17.3 Å². The predicted molar refractivity (Wildman–Crippen MR) is 85.6 cm³/mol. The summed E-state index contributed by atoms with van der Waals surface area (Å²) in [5, 5.41) is 13.3. The van der Waals surface area contributed by atoms with Gasteiger partial charge >= 0.3 is 0 Å². The average Bonchev–Trinajstić information content (AvgIpc) is 2.43. The van der Waals surface area contributed by atoms with Gasteiger partial charge in [0.25, 0.3) is 0 Å². The van der Waals surface area contributed by atoms with E-state index in [0.29, 0.717) is 5.75 Å². The Balaban J connectivity index is 2.23. The molecule has 0 amide bonds. The van der Waals surface area contributed by atoms with E-state index in [4.69, 9.17) is 4.74 Å². The number of hydrogen-bond donors (Lipinski definition) is 2. The molecule has 0 aromatic heterocycles. The molecule has 3 nitrogen and oxygen atoms in total. The van der Waals surface area contributed by atoms with Crippen molar-refractivity contribution < 1.29 is 9.84 Å². The van der Waals surface area contributed by atoms with Gasteiger partial charge in [-0.15, -0.1) is 0 Å². The molecule has 0 fully saturated rings. The van der Waals surface area contributed by atoms with E-state index >= 15 is 0 Å². The SMILES string of the molecule is COc1cc(NC(C)c2cc(C)ccc2O)ccc1Br. The average molecular weight is 336 g/mol. The molecule has 1 atom stereocenters. The zero-order chi connectivity index (χ0) is 14.7. The quantitative estimate of drug-likeness (QED) is 0.854. The van der Waals surface area contributed by atoms with Crippen molar-refractivity contribution >= 4 is 21.6 Å².